The Morgan fingerprint density at radius 3 is 2.89 bits per heavy atom. The Morgan fingerprint density at radius 2 is 2.22 bits per heavy atom. The van der Waals surface area contributed by atoms with Gasteiger partial charge in [0.15, 0.2) is 11.6 Å². The second-order valence-electron chi connectivity index (χ2n) is 4.51. The summed E-state index contributed by atoms with van der Waals surface area (Å²) in [5.74, 6) is 1.26. The quantitative estimate of drug-likeness (QED) is 0.577. The van der Waals surface area contributed by atoms with Crippen molar-refractivity contribution in [2.45, 2.75) is 26.3 Å². The van der Waals surface area contributed by atoms with Crippen molar-refractivity contribution in [1.82, 2.24) is 5.32 Å². The summed E-state index contributed by atoms with van der Waals surface area (Å²) < 4.78 is 18.7. The van der Waals surface area contributed by atoms with Crippen LogP contribution in [0.15, 0.2) is 18.2 Å². The summed E-state index contributed by atoms with van der Waals surface area (Å²) in [6.07, 6.45) is 2.15. The molecule has 2 nitrogen and oxygen atoms in total. The van der Waals surface area contributed by atoms with Gasteiger partial charge in [-0.05, 0) is 31.4 Å². The van der Waals surface area contributed by atoms with Crippen LogP contribution in [0, 0.1) is 11.7 Å². The molecule has 0 aliphatic carbocycles. The van der Waals surface area contributed by atoms with Crippen molar-refractivity contribution in [2.75, 3.05) is 19.5 Å². The number of alkyl halides is 1. The molecule has 102 valence electrons. The summed E-state index contributed by atoms with van der Waals surface area (Å²) in [5, 5.41) is 3.23. The van der Waals surface area contributed by atoms with Gasteiger partial charge in [0.2, 0.25) is 0 Å². The van der Waals surface area contributed by atoms with Gasteiger partial charge in [-0.15, -0.1) is 11.6 Å². The van der Waals surface area contributed by atoms with Gasteiger partial charge in [0.05, 0.1) is 7.11 Å². The Kier molecular flexibility index (Phi) is 7.06. The SMILES string of the molecule is COc1cccc(CNCCCC(C)CCl)c1F. The van der Waals surface area contributed by atoms with Crippen LogP contribution >= 0.6 is 11.6 Å². The third kappa shape index (κ3) is 4.83. The molecular formula is C14H21ClFNO. The molecule has 0 heterocycles. The van der Waals surface area contributed by atoms with Crippen molar-refractivity contribution in [3.63, 3.8) is 0 Å². The highest BCUT2D eigenvalue weighted by atomic mass is 35.5. The number of hydrogen-bond acceptors (Lipinski definition) is 2. The predicted molar refractivity (Wildman–Crippen MR) is 73.8 cm³/mol. The van der Waals surface area contributed by atoms with Crippen molar-refractivity contribution < 1.29 is 9.13 Å². The second-order valence-corrected chi connectivity index (χ2v) is 4.82. The second kappa shape index (κ2) is 8.33. The van der Waals surface area contributed by atoms with Gasteiger partial charge in [0, 0.05) is 18.0 Å². The van der Waals surface area contributed by atoms with Crippen LogP contribution in [0.1, 0.15) is 25.3 Å². The number of rotatable bonds is 8. The van der Waals surface area contributed by atoms with Crippen molar-refractivity contribution in [3.05, 3.63) is 29.6 Å². The number of hydrogen-bond donors (Lipinski definition) is 1. The number of halogens is 2. The standard InChI is InChI=1S/C14H21ClFNO/c1-11(9-15)5-4-8-17-10-12-6-3-7-13(18-2)14(12)16/h3,6-7,11,17H,4-5,8-10H2,1-2H3. The first-order valence-corrected chi connectivity index (χ1v) is 6.80. The van der Waals surface area contributed by atoms with E-state index in [1.165, 1.54) is 7.11 Å². The van der Waals surface area contributed by atoms with E-state index in [1.807, 2.05) is 0 Å². The molecule has 0 saturated carbocycles. The summed E-state index contributed by atoms with van der Waals surface area (Å²) in [4.78, 5) is 0. The molecule has 0 fully saturated rings. The molecule has 1 aromatic rings. The van der Waals surface area contributed by atoms with E-state index in [-0.39, 0.29) is 5.82 Å². The molecule has 18 heavy (non-hydrogen) atoms. The summed E-state index contributed by atoms with van der Waals surface area (Å²) >= 11 is 5.73. The molecule has 1 aromatic carbocycles. The van der Waals surface area contributed by atoms with E-state index in [9.17, 15) is 4.39 Å². The van der Waals surface area contributed by atoms with Crippen molar-refractivity contribution >= 4 is 11.6 Å². The topological polar surface area (TPSA) is 21.3 Å². The lowest BCUT2D eigenvalue weighted by Crippen LogP contribution is -2.16. The molecule has 0 saturated heterocycles. The molecule has 0 aromatic heterocycles. The van der Waals surface area contributed by atoms with Crippen LogP contribution in [-0.2, 0) is 6.54 Å². The summed E-state index contributed by atoms with van der Waals surface area (Å²) in [6, 6.07) is 5.20. The maximum atomic E-state index is 13.8. The van der Waals surface area contributed by atoms with Crippen LogP contribution in [0.3, 0.4) is 0 Å². The van der Waals surface area contributed by atoms with E-state index < -0.39 is 0 Å². The first-order valence-electron chi connectivity index (χ1n) is 6.27. The Bertz CT molecular complexity index is 360. The average Bonchev–Trinajstić information content (AvgIpc) is 2.39. The fraction of sp³-hybridized carbons (Fsp3) is 0.571. The smallest absolute Gasteiger partial charge is 0.169 e. The lowest BCUT2D eigenvalue weighted by Gasteiger charge is -2.10. The Morgan fingerprint density at radius 1 is 1.44 bits per heavy atom. The molecule has 0 aliphatic heterocycles. The van der Waals surface area contributed by atoms with E-state index in [0.717, 1.165) is 19.4 Å². The van der Waals surface area contributed by atoms with Crippen LogP contribution in [0.4, 0.5) is 4.39 Å². The molecule has 0 radical (unpaired) electrons. The first kappa shape index (κ1) is 15.3. The van der Waals surface area contributed by atoms with Crippen molar-refractivity contribution in [1.29, 1.82) is 0 Å². The van der Waals surface area contributed by atoms with Crippen LogP contribution in [-0.4, -0.2) is 19.5 Å². The molecule has 1 rings (SSSR count). The zero-order chi connectivity index (χ0) is 13.4. The van der Waals surface area contributed by atoms with Gasteiger partial charge < -0.3 is 10.1 Å². The Labute approximate surface area is 113 Å². The molecular weight excluding hydrogens is 253 g/mol. The summed E-state index contributed by atoms with van der Waals surface area (Å²) in [7, 11) is 1.48. The third-order valence-electron chi connectivity index (χ3n) is 2.89. The molecule has 0 amide bonds. The highest BCUT2D eigenvalue weighted by molar-refractivity contribution is 6.18. The lowest BCUT2D eigenvalue weighted by atomic mass is 10.1. The van der Waals surface area contributed by atoms with Crippen molar-refractivity contribution in [2.24, 2.45) is 5.92 Å². The predicted octanol–water partition coefficient (Wildman–Crippen LogP) is 3.58. The van der Waals surface area contributed by atoms with Gasteiger partial charge in [-0.3, -0.25) is 0 Å². The normalized spacial score (nSPS) is 12.4. The summed E-state index contributed by atoms with van der Waals surface area (Å²) in [6.45, 7) is 3.53. The minimum Gasteiger partial charge on any atom is -0.494 e. The Hall–Kier alpha value is -0.800. The molecule has 1 unspecified atom stereocenters. The highest BCUT2D eigenvalue weighted by Gasteiger charge is 2.07. The molecule has 0 bridgehead atoms. The molecule has 0 spiro atoms. The van der Waals surface area contributed by atoms with E-state index >= 15 is 0 Å². The van der Waals surface area contributed by atoms with Gasteiger partial charge in [-0.2, -0.15) is 0 Å². The van der Waals surface area contributed by atoms with E-state index in [1.54, 1.807) is 18.2 Å². The van der Waals surface area contributed by atoms with Gasteiger partial charge in [-0.25, -0.2) is 4.39 Å². The van der Waals surface area contributed by atoms with Crippen LogP contribution in [0.5, 0.6) is 5.75 Å². The van der Waals surface area contributed by atoms with Crippen LogP contribution < -0.4 is 10.1 Å². The maximum absolute atomic E-state index is 13.8. The third-order valence-corrected chi connectivity index (χ3v) is 3.42. The fourth-order valence-electron chi connectivity index (χ4n) is 1.73. The number of benzene rings is 1. The van der Waals surface area contributed by atoms with Gasteiger partial charge in [0.25, 0.3) is 0 Å². The summed E-state index contributed by atoms with van der Waals surface area (Å²) in [5.41, 5.74) is 0.639. The fourth-order valence-corrected chi connectivity index (χ4v) is 1.88. The zero-order valence-corrected chi connectivity index (χ0v) is 11.8. The first-order chi connectivity index (χ1) is 8.69. The molecule has 0 aliphatic rings. The number of nitrogens with one attached hydrogen (secondary N) is 1. The van der Waals surface area contributed by atoms with Gasteiger partial charge in [0.1, 0.15) is 0 Å². The van der Waals surface area contributed by atoms with E-state index in [4.69, 9.17) is 16.3 Å². The van der Waals surface area contributed by atoms with Crippen molar-refractivity contribution in [3.8, 4) is 5.75 Å². The largest absolute Gasteiger partial charge is 0.494 e. The maximum Gasteiger partial charge on any atom is 0.169 e. The number of ether oxygens (including phenoxy) is 1. The molecule has 1 N–H and O–H groups in total. The van der Waals surface area contributed by atoms with E-state index in [0.29, 0.717) is 29.7 Å². The van der Waals surface area contributed by atoms with Crippen LogP contribution in [0.2, 0.25) is 0 Å². The minimum absolute atomic E-state index is 0.276. The molecule has 4 heteroatoms. The van der Waals surface area contributed by atoms with Gasteiger partial charge in [-0.1, -0.05) is 19.1 Å². The monoisotopic (exact) mass is 273 g/mol. The minimum atomic E-state index is -0.276. The van der Waals surface area contributed by atoms with Gasteiger partial charge >= 0.3 is 0 Å². The average molecular weight is 274 g/mol. The van der Waals surface area contributed by atoms with E-state index in [2.05, 4.69) is 12.2 Å². The number of methoxy groups -OCH3 is 1. The molecule has 1 atom stereocenters. The zero-order valence-electron chi connectivity index (χ0n) is 11.0. The lowest BCUT2D eigenvalue weighted by molar-refractivity contribution is 0.383. The Balaban J connectivity index is 2.31. The van der Waals surface area contributed by atoms with Crippen LogP contribution in [0.25, 0.3) is 0 Å². The highest BCUT2D eigenvalue weighted by Crippen LogP contribution is 2.19.